The summed E-state index contributed by atoms with van der Waals surface area (Å²) < 4.78 is 6.28. The largest absolute Gasteiger partial charge is 0.461 e. The molecule has 0 saturated heterocycles. The Hall–Kier alpha value is -2.70. The number of hydrogen-bond donors (Lipinski definition) is 0. The molecule has 7 nitrogen and oxygen atoms in total. The predicted molar refractivity (Wildman–Crippen MR) is 66.2 cm³/mol. The van der Waals surface area contributed by atoms with Gasteiger partial charge in [0.1, 0.15) is 0 Å². The first-order chi connectivity index (χ1) is 9.11. The summed E-state index contributed by atoms with van der Waals surface area (Å²) in [7, 11) is 0. The lowest BCUT2D eigenvalue weighted by atomic mass is 10.3. The first kappa shape index (κ1) is 12.7. The molecule has 0 fully saturated rings. The van der Waals surface area contributed by atoms with Gasteiger partial charge in [-0.15, -0.1) is 0 Å². The van der Waals surface area contributed by atoms with Crippen LogP contribution < -0.4 is 0 Å². The number of aromatic nitrogens is 2. The highest BCUT2D eigenvalue weighted by atomic mass is 16.6. The van der Waals surface area contributed by atoms with Gasteiger partial charge in [0.2, 0.25) is 0 Å². The standard InChI is InChI=1S/C12H11N3O4/c1-2-19-12(16)11-7-8-14(13-11)9-3-5-10(6-4-9)15(17)18/h3-8H,2H2,1H3. The molecule has 1 aromatic heterocycles. The number of ether oxygens (including phenoxy) is 1. The third kappa shape index (κ3) is 2.76. The summed E-state index contributed by atoms with van der Waals surface area (Å²) in [5, 5.41) is 14.6. The monoisotopic (exact) mass is 261 g/mol. The molecule has 0 N–H and O–H groups in total. The van der Waals surface area contributed by atoms with E-state index < -0.39 is 10.9 Å². The summed E-state index contributed by atoms with van der Waals surface area (Å²) in [6.45, 7) is 1.99. The Labute approximate surface area is 108 Å². The van der Waals surface area contributed by atoms with Crippen molar-refractivity contribution in [1.82, 2.24) is 9.78 Å². The molecule has 0 radical (unpaired) electrons. The lowest BCUT2D eigenvalue weighted by molar-refractivity contribution is -0.384. The number of non-ortho nitro benzene ring substituents is 1. The SMILES string of the molecule is CCOC(=O)c1ccn(-c2ccc([N+](=O)[O-])cc2)n1. The van der Waals surface area contributed by atoms with Gasteiger partial charge < -0.3 is 4.74 Å². The molecule has 1 aromatic carbocycles. The van der Waals surface area contributed by atoms with Gasteiger partial charge in [-0.2, -0.15) is 5.10 Å². The van der Waals surface area contributed by atoms with E-state index in [-0.39, 0.29) is 18.0 Å². The van der Waals surface area contributed by atoms with Gasteiger partial charge in [0.15, 0.2) is 5.69 Å². The van der Waals surface area contributed by atoms with Crippen molar-refractivity contribution >= 4 is 11.7 Å². The number of carbonyl (C=O) groups is 1. The number of nitrogens with zero attached hydrogens (tertiary/aromatic N) is 3. The van der Waals surface area contributed by atoms with Crippen LogP contribution in [0, 0.1) is 10.1 Å². The van der Waals surface area contributed by atoms with E-state index in [1.807, 2.05) is 0 Å². The van der Waals surface area contributed by atoms with Crippen LogP contribution in [-0.4, -0.2) is 27.3 Å². The van der Waals surface area contributed by atoms with Crippen LogP contribution in [0.2, 0.25) is 0 Å². The highest BCUT2D eigenvalue weighted by Crippen LogP contribution is 2.15. The van der Waals surface area contributed by atoms with Gasteiger partial charge in [0.25, 0.3) is 5.69 Å². The molecule has 2 aromatic rings. The van der Waals surface area contributed by atoms with Crippen molar-refractivity contribution in [1.29, 1.82) is 0 Å². The fraction of sp³-hybridized carbons (Fsp3) is 0.167. The van der Waals surface area contributed by atoms with E-state index >= 15 is 0 Å². The summed E-state index contributed by atoms with van der Waals surface area (Å²) >= 11 is 0. The maximum atomic E-state index is 11.4. The number of hydrogen-bond acceptors (Lipinski definition) is 5. The molecule has 0 aliphatic heterocycles. The Bertz CT molecular complexity index is 604. The molecule has 0 aliphatic carbocycles. The van der Waals surface area contributed by atoms with E-state index in [1.54, 1.807) is 25.3 Å². The lowest BCUT2D eigenvalue weighted by Gasteiger charge is -2.00. The number of nitro groups is 1. The minimum atomic E-state index is -0.497. The van der Waals surface area contributed by atoms with Crippen molar-refractivity contribution < 1.29 is 14.5 Å². The van der Waals surface area contributed by atoms with Crippen molar-refractivity contribution in [3.63, 3.8) is 0 Å². The maximum absolute atomic E-state index is 11.4. The fourth-order valence-corrected chi connectivity index (χ4v) is 1.51. The molecule has 7 heteroatoms. The zero-order chi connectivity index (χ0) is 13.8. The minimum absolute atomic E-state index is 0.00141. The van der Waals surface area contributed by atoms with Crippen LogP contribution in [0.5, 0.6) is 0 Å². The third-order valence-electron chi connectivity index (χ3n) is 2.40. The molecule has 0 bridgehead atoms. The Morgan fingerprint density at radius 2 is 2.05 bits per heavy atom. The molecule has 0 aliphatic rings. The van der Waals surface area contributed by atoms with Gasteiger partial charge in [0.05, 0.1) is 17.2 Å². The summed E-state index contributed by atoms with van der Waals surface area (Å²) in [6, 6.07) is 7.39. The molecule has 0 spiro atoms. The van der Waals surface area contributed by atoms with Gasteiger partial charge in [-0.1, -0.05) is 0 Å². The van der Waals surface area contributed by atoms with Gasteiger partial charge >= 0.3 is 5.97 Å². The van der Waals surface area contributed by atoms with E-state index in [9.17, 15) is 14.9 Å². The van der Waals surface area contributed by atoms with Gasteiger partial charge in [-0.3, -0.25) is 10.1 Å². The molecule has 0 saturated carbocycles. The van der Waals surface area contributed by atoms with Crippen LogP contribution in [0.25, 0.3) is 5.69 Å². The molecule has 0 unspecified atom stereocenters. The van der Waals surface area contributed by atoms with E-state index in [2.05, 4.69) is 5.10 Å². The second kappa shape index (κ2) is 5.30. The highest BCUT2D eigenvalue weighted by Gasteiger charge is 2.11. The molecular weight excluding hydrogens is 250 g/mol. The zero-order valence-corrected chi connectivity index (χ0v) is 10.1. The molecular formula is C12H11N3O4. The van der Waals surface area contributed by atoms with Gasteiger partial charge in [0, 0.05) is 18.3 Å². The molecule has 2 rings (SSSR count). The van der Waals surface area contributed by atoms with E-state index in [0.29, 0.717) is 5.69 Å². The smallest absolute Gasteiger partial charge is 0.358 e. The van der Waals surface area contributed by atoms with Crippen LogP contribution >= 0.6 is 0 Å². The van der Waals surface area contributed by atoms with Gasteiger partial charge in [-0.05, 0) is 25.1 Å². The Kier molecular flexibility index (Phi) is 3.56. The number of esters is 1. The third-order valence-corrected chi connectivity index (χ3v) is 2.40. The number of rotatable bonds is 4. The summed E-state index contributed by atoms with van der Waals surface area (Å²) in [5.41, 5.74) is 0.822. The summed E-state index contributed by atoms with van der Waals surface area (Å²) in [5.74, 6) is -0.497. The average Bonchev–Trinajstić information content (AvgIpc) is 2.89. The van der Waals surface area contributed by atoms with Crippen LogP contribution in [0.1, 0.15) is 17.4 Å². The Balaban J connectivity index is 2.23. The fourth-order valence-electron chi connectivity index (χ4n) is 1.51. The number of benzene rings is 1. The second-order valence-electron chi connectivity index (χ2n) is 3.64. The topological polar surface area (TPSA) is 87.3 Å². The van der Waals surface area contributed by atoms with E-state index in [1.165, 1.54) is 22.9 Å². The van der Waals surface area contributed by atoms with E-state index in [4.69, 9.17) is 4.74 Å². The minimum Gasteiger partial charge on any atom is -0.461 e. The first-order valence-electron chi connectivity index (χ1n) is 5.59. The lowest BCUT2D eigenvalue weighted by Crippen LogP contribution is -2.06. The quantitative estimate of drug-likeness (QED) is 0.477. The number of nitro benzene ring substituents is 1. The Morgan fingerprint density at radius 3 is 2.63 bits per heavy atom. The van der Waals surface area contributed by atoms with Crippen LogP contribution in [0.4, 0.5) is 5.69 Å². The highest BCUT2D eigenvalue weighted by molar-refractivity contribution is 5.87. The van der Waals surface area contributed by atoms with Crippen LogP contribution in [-0.2, 0) is 4.74 Å². The normalized spacial score (nSPS) is 10.2. The average molecular weight is 261 g/mol. The van der Waals surface area contributed by atoms with Crippen molar-refractivity contribution in [2.24, 2.45) is 0 Å². The van der Waals surface area contributed by atoms with Crippen molar-refractivity contribution in [2.45, 2.75) is 6.92 Å². The second-order valence-corrected chi connectivity index (χ2v) is 3.64. The zero-order valence-electron chi connectivity index (χ0n) is 10.1. The number of carbonyl (C=O) groups excluding carboxylic acids is 1. The van der Waals surface area contributed by atoms with Crippen molar-refractivity contribution in [2.75, 3.05) is 6.61 Å². The molecule has 1 heterocycles. The van der Waals surface area contributed by atoms with E-state index in [0.717, 1.165) is 0 Å². The summed E-state index contributed by atoms with van der Waals surface area (Å²) in [4.78, 5) is 21.5. The molecule has 0 atom stereocenters. The Morgan fingerprint density at radius 1 is 1.37 bits per heavy atom. The molecule has 98 valence electrons. The summed E-state index contributed by atoms with van der Waals surface area (Å²) in [6.07, 6.45) is 1.59. The molecule has 19 heavy (non-hydrogen) atoms. The van der Waals surface area contributed by atoms with Crippen molar-refractivity contribution in [3.8, 4) is 5.69 Å². The maximum Gasteiger partial charge on any atom is 0.358 e. The predicted octanol–water partition coefficient (Wildman–Crippen LogP) is 1.96. The van der Waals surface area contributed by atoms with Crippen LogP contribution in [0.15, 0.2) is 36.5 Å². The van der Waals surface area contributed by atoms with Crippen molar-refractivity contribution in [3.05, 3.63) is 52.3 Å². The van der Waals surface area contributed by atoms with Crippen LogP contribution in [0.3, 0.4) is 0 Å². The molecule has 0 amide bonds. The first-order valence-corrected chi connectivity index (χ1v) is 5.59. The van der Waals surface area contributed by atoms with Gasteiger partial charge in [-0.25, -0.2) is 9.48 Å².